The first kappa shape index (κ1) is 82.4. The Bertz CT molecular complexity index is 1650. The lowest BCUT2D eigenvalue weighted by Gasteiger charge is -2.41. The molecule has 0 radical (unpaired) electrons. The van der Waals surface area contributed by atoms with Crippen molar-refractivity contribution in [3.05, 3.63) is 60.8 Å². The smallest absolute Gasteiger partial charge is 0.306 e. The van der Waals surface area contributed by atoms with E-state index in [1.165, 1.54) is 205 Å². The van der Waals surface area contributed by atoms with Crippen molar-refractivity contribution in [1.82, 2.24) is 5.32 Å². The molecule has 0 aromatic heterocycles. The van der Waals surface area contributed by atoms with Crippen LogP contribution in [0.4, 0.5) is 0 Å². The van der Waals surface area contributed by atoms with Gasteiger partial charge in [-0.25, -0.2) is 0 Å². The number of hydrogen-bond acceptors (Lipinski definition) is 10. The summed E-state index contributed by atoms with van der Waals surface area (Å²) in [4.78, 5) is 26.7. The first-order valence-electron chi connectivity index (χ1n) is 37.1. The highest BCUT2D eigenvalue weighted by atomic mass is 16.7. The second-order valence-corrected chi connectivity index (χ2v) is 25.7. The van der Waals surface area contributed by atoms with Crippen molar-refractivity contribution >= 4 is 11.9 Å². The first-order chi connectivity index (χ1) is 42.7. The molecule has 508 valence electrons. The maximum atomic E-state index is 13.5. The monoisotopic (exact) mass is 1230 g/mol. The van der Waals surface area contributed by atoms with Gasteiger partial charge in [0.05, 0.1) is 25.4 Å². The fourth-order valence-corrected chi connectivity index (χ4v) is 11.6. The van der Waals surface area contributed by atoms with Crippen LogP contribution in [0.15, 0.2) is 60.8 Å². The molecule has 0 aromatic rings. The Morgan fingerprint density at radius 2 is 0.793 bits per heavy atom. The Labute approximate surface area is 535 Å². The zero-order chi connectivity index (χ0) is 63.1. The third kappa shape index (κ3) is 50.7. The molecule has 1 rings (SSSR count). The molecule has 1 saturated heterocycles. The normalized spacial score (nSPS) is 18.6. The number of aliphatic hydroxyl groups is 5. The van der Waals surface area contributed by atoms with E-state index in [0.29, 0.717) is 12.8 Å². The van der Waals surface area contributed by atoms with Gasteiger partial charge in [-0.2, -0.15) is 0 Å². The molecule has 0 aromatic carbocycles. The maximum absolute atomic E-state index is 13.5. The van der Waals surface area contributed by atoms with Crippen LogP contribution in [0.25, 0.3) is 0 Å². The van der Waals surface area contributed by atoms with Gasteiger partial charge in [-0.1, -0.05) is 332 Å². The van der Waals surface area contributed by atoms with Crippen molar-refractivity contribution in [2.24, 2.45) is 0 Å². The van der Waals surface area contributed by atoms with Gasteiger partial charge in [-0.15, -0.1) is 0 Å². The zero-order valence-corrected chi connectivity index (χ0v) is 56.6. The molecule has 8 atom stereocenters. The summed E-state index contributed by atoms with van der Waals surface area (Å²) in [6.45, 7) is 5.80. The van der Waals surface area contributed by atoms with Crippen molar-refractivity contribution in [3.8, 4) is 0 Å². The third-order valence-electron chi connectivity index (χ3n) is 17.4. The second-order valence-electron chi connectivity index (χ2n) is 25.7. The molecule has 1 aliphatic rings. The van der Waals surface area contributed by atoms with E-state index in [1.807, 2.05) is 6.08 Å². The first-order valence-corrected chi connectivity index (χ1v) is 37.1. The Hall–Kier alpha value is -2.64. The molecule has 11 nitrogen and oxygen atoms in total. The van der Waals surface area contributed by atoms with Gasteiger partial charge in [-0.3, -0.25) is 9.59 Å². The minimum atomic E-state index is -1.62. The number of allylic oxidation sites excluding steroid dienone is 9. The highest BCUT2D eigenvalue weighted by Crippen LogP contribution is 2.26. The van der Waals surface area contributed by atoms with Crippen molar-refractivity contribution in [1.29, 1.82) is 0 Å². The predicted octanol–water partition coefficient (Wildman–Crippen LogP) is 19.3. The maximum Gasteiger partial charge on any atom is 0.306 e. The van der Waals surface area contributed by atoms with Gasteiger partial charge >= 0.3 is 5.97 Å². The number of amides is 1. The summed E-state index contributed by atoms with van der Waals surface area (Å²) in [6.07, 6.45) is 71.3. The molecule has 1 amide bonds. The number of unbranched alkanes of at least 4 members (excludes halogenated alkanes) is 42. The number of carbonyl (C=O) groups excluding carboxylic acids is 2. The molecule has 8 unspecified atom stereocenters. The Balaban J connectivity index is 2.53. The van der Waals surface area contributed by atoms with E-state index in [4.69, 9.17) is 14.2 Å². The Kier molecular flexibility index (Phi) is 60.1. The molecule has 1 fully saturated rings. The van der Waals surface area contributed by atoms with Gasteiger partial charge in [0.2, 0.25) is 5.91 Å². The van der Waals surface area contributed by atoms with Crippen molar-refractivity contribution in [3.63, 3.8) is 0 Å². The lowest BCUT2D eigenvalue weighted by Crippen LogP contribution is -2.61. The fourth-order valence-electron chi connectivity index (χ4n) is 11.6. The highest BCUT2D eigenvalue weighted by molar-refractivity contribution is 5.80. The minimum absolute atomic E-state index is 0.126. The summed E-state index contributed by atoms with van der Waals surface area (Å²) in [5, 5.41) is 57.2. The van der Waals surface area contributed by atoms with Crippen LogP contribution < -0.4 is 5.32 Å². The van der Waals surface area contributed by atoms with Crippen LogP contribution in [0.3, 0.4) is 0 Å². The third-order valence-corrected chi connectivity index (χ3v) is 17.4. The van der Waals surface area contributed by atoms with Gasteiger partial charge in [0.15, 0.2) is 12.4 Å². The summed E-state index contributed by atoms with van der Waals surface area (Å²) in [5.74, 6) is -1.19. The average Bonchev–Trinajstić information content (AvgIpc) is 1.30. The second kappa shape index (κ2) is 63.5. The van der Waals surface area contributed by atoms with E-state index in [9.17, 15) is 35.1 Å². The van der Waals surface area contributed by atoms with Crippen LogP contribution in [0, 0.1) is 0 Å². The van der Waals surface area contributed by atoms with Crippen LogP contribution in [-0.2, 0) is 23.8 Å². The van der Waals surface area contributed by atoms with Crippen molar-refractivity contribution < 1.29 is 49.3 Å². The molecular formula is C76H139NO10. The Morgan fingerprint density at radius 1 is 0.448 bits per heavy atom. The molecule has 0 aliphatic carbocycles. The van der Waals surface area contributed by atoms with E-state index < -0.39 is 67.4 Å². The fraction of sp³-hybridized carbons (Fsp3) is 0.842. The minimum Gasteiger partial charge on any atom is -0.454 e. The van der Waals surface area contributed by atoms with E-state index >= 15 is 0 Å². The van der Waals surface area contributed by atoms with Crippen LogP contribution >= 0.6 is 0 Å². The largest absolute Gasteiger partial charge is 0.454 e. The SMILES string of the molecule is CCCCC/C=C\C/C=C\C/C=C\C/C=C\CCCCCCCCC(O)C(=O)NC(COC1OC(CO)C(O)C(O)C1OC(=O)CCCCCCCCCCCCCCCCCCCCCCCCCCC)C(O)/C=C/CCCCCCCCCCC. The van der Waals surface area contributed by atoms with Gasteiger partial charge in [0, 0.05) is 6.42 Å². The van der Waals surface area contributed by atoms with Crippen LogP contribution in [-0.4, -0.2) is 99.6 Å². The molecule has 11 heteroatoms. The average molecular weight is 1230 g/mol. The van der Waals surface area contributed by atoms with E-state index in [1.54, 1.807) is 6.08 Å². The lowest BCUT2D eigenvalue weighted by molar-refractivity contribution is -0.305. The number of esters is 1. The predicted molar refractivity (Wildman–Crippen MR) is 366 cm³/mol. The van der Waals surface area contributed by atoms with Gasteiger partial charge < -0.3 is 45.1 Å². The molecule has 1 aliphatic heterocycles. The molecular weight excluding hydrogens is 1090 g/mol. The highest BCUT2D eigenvalue weighted by Gasteiger charge is 2.47. The van der Waals surface area contributed by atoms with E-state index in [2.05, 4.69) is 74.7 Å². The molecule has 0 spiro atoms. The van der Waals surface area contributed by atoms with Crippen LogP contribution in [0.5, 0.6) is 0 Å². The van der Waals surface area contributed by atoms with E-state index in [-0.39, 0.29) is 19.4 Å². The standard InChI is InChI=1S/C76H139NO10/c1-4-7-10-13-16-19-22-24-26-28-30-32-34-35-36-38-40-42-44-46-49-52-55-58-61-64-71(81)87-74-73(83)72(82)70(65-78)86-76(74)85-66-67(68(79)62-59-56-53-50-47-21-18-15-12-9-6-3)77-75(84)69(80)63-60-57-54-51-48-45-43-41-39-37-33-31-29-27-25-23-20-17-14-11-8-5-2/h17,20,25,27,31,33,39,41,59,62,67-70,72-74,76,78-80,82-83H,4-16,18-19,21-24,26,28-30,32,34-38,40,42-58,60-61,63-66H2,1-3H3,(H,77,84)/b20-17-,27-25-,33-31-,41-39-,62-59+. The molecule has 6 N–H and O–H groups in total. The molecule has 87 heavy (non-hydrogen) atoms. The summed E-state index contributed by atoms with van der Waals surface area (Å²) >= 11 is 0. The van der Waals surface area contributed by atoms with Crippen molar-refractivity contribution in [2.45, 2.75) is 397 Å². The van der Waals surface area contributed by atoms with Gasteiger partial charge in [0.1, 0.15) is 24.4 Å². The van der Waals surface area contributed by atoms with Gasteiger partial charge in [-0.05, 0) is 70.6 Å². The number of hydrogen-bond donors (Lipinski definition) is 6. The van der Waals surface area contributed by atoms with Crippen LogP contribution in [0.2, 0.25) is 0 Å². The number of aliphatic hydroxyl groups excluding tert-OH is 5. The molecule has 0 saturated carbocycles. The van der Waals surface area contributed by atoms with Crippen LogP contribution in [0.1, 0.15) is 348 Å². The quantitative estimate of drug-likeness (QED) is 0.0195. The lowest BCUT2D eigenvalue weighted by atomic mass is 9.99. The van der Waals surface area contributed by atoms with E-state index in [0.717, 1.165) is 96.3 Å². The summed E-state index contributed by atoms with van der Waals surface area (Å²) < 4.78 is 17.7. The number of rotatable bonds is 64. The summed E-state index contributed by atoms with van der Waals surface area (Å²) in [7, 11) is 0. The Morgan fingerprint density at radius 3 is 1.21 bits per heavy atom. The zero-order valence-electron chi connectivity index (χ0n) is 56.6. The number of carbonyl (C=O) groups is 2. The summed E-state index contributed by atoms with van der Waals surface area (Å²) in [6, 6.07) is -1.03. The number of ether oxygens (including phenoxy) is 3. The van der Waals surface area contributed by atoms with Gasteiger partial charge in [0.25, 0.3) is 0 Å². The topological polar surface area (TPSA) is 175 Å². The van der Waals surface area contributed by atoms with Crippen molar-refractivity contribution in [2.75, 3.05) is 13.2 Å². The number of nitrogens with one attached hydrogen (secondary N) is 1. The molecule has 0 bridgehead atoms. The molecule has 1 heterocycles. The summed E-state index contributed by atoms with van der Waals surface area (Å²) in [5.41, 5.74) is 0.